The summed E-state index contributed by atoms with van der Waals surface area (Å²) in [5, 5.41) is 6.17. The van der Waals surface area contributed by atoms with Crippen molar-refractivity contribution in [1.29, 1.82) is 0 Å². The molecule has 5 rings (SSSR count). The standard InChI is InChI=1S/C31H37N7O3/c1-20-15-21(2)29(22(3)16-20)35-31(39)41-24-18-27(37(5)19-24)25-9-10-32-30(33-25)34-26-8-7-23(17-28(26)40-6)38-13-11-36(4)12-14-38/h7-10,15-19H,11-14H2,1-6H3,(H,35,39)(H,32,33,34). The third-order valence-electron chi connectivity index (χ3n) is 7.31. The van der Waals surface area contributed by atoms with Crippen LogP contribution in [-0.2, 0) is 7.05 Å². The Morgan fingerprint density at radius 3 is 2.39 bits per heavy atom. The van der Waals surface area contributed by atoms with Crippen molar-refractivity contribution < 1.29 is 14.3 Å². The van der Waals surface area contributed by atoms with E-state index in [1.807, 2.05) is 62.7 Å². The lowest BCUT2D eigenvalue weighted by molar-refractivity contribution is 0.215. The monoisotopic (exact) mass is 555 g/mol. The summed E-state index contributed by atoms with van der Waals surface area (Å²) in [5.74, 6) is 1.56. The van der Waals surface area contributed by atoms with Gasteiger partial charge in [-0.3, -0.25) is 5.32 Å². The summed E-state index contributed by atoms with van der Waals surface area (Å²) in [6.45, 7) is 9.99. The Morgan fingerprint density at radius 2 is 1.68 bits per heavy atom. The molecule has 2 aromatic carbocycles. The number of carbonyl (C=O) groups excluding carboxylic acids is 1. The van der Waals surface area contributed by atoms with Crippen LogP contribution < -0.4 is 25.0 Å². The lowest BCUT2D eigenvalue weighted by Crippen LogP contribution is -2.44. The number of anilines is 4. The van der Waals surface area contributed by atoms with Gasteiger partial charge in [-0.25, -0.2) is 14.8 Å². The average Bonchev–Trinajstić information content (AvgIpc) is 3.31. The van der Waals surface area contributed by atoms with Crippen LogP contribution in [0, 0.1) is 20.8 Å². The van der Waals surface area contributed by atoms with Crippen molar-refractivity contribution in [3.8, 4) is 22.9 Å². The molecule has 10 nitrogen and oxygen atoms in total. The molecule has 1 saturated heterocycles. The molecular formula is C31H37N7O3. The zero-order chi connectivity index (χ0) is 29.1. The Morgan fingerprint density at radius 1 is 0.951 bits per heavy atom. The van der Waals surface area contributed by atoms with Gasteiger partial charge in [-0.15, -0.1) is 0 Å². The Kier molecular flexibility index (Phi) is 8.11. The van der Waals surface area contributed by atoms with E-state index in [9.17, 15) is 4.79 Å². The number of amides is 1. The fourth-order valence-electron chi connectivity index (χ4n) is 5.18. The molecule has 0 unspecified atom stereocenters. The summed E-state index contributed by atoms with van der Waals surface area (Å²) >= 11 is 0. The van der Waals surface area contributed by atoms with E-state index in [4.69, 9.17) is 14.5 Å². The number of benzene rings is 2. The van der Waals surface area contributed by atoms with E-state index in [0.717, 1.165) is 71.4 Å². The maximum Gasteiger partial charge on any atom is 0.417 e. The quantitative estimate of drug-likeness (QED) is 0.308. The number of ether oxygens (including phenoxy) is 2. The van der Waals surface area contributed by atoms with Crippen LogP contribution in [0.25, 0.3) is 11.4 Å². The van der Waals surface area contributed by atoms with Gasteiger partial charge in [0.25, 0.3) is 0 Å². The molecule has 4 aromatic rings. The molecule has 2 N–H and O–H groups in total. The lowest BCUT2D eigenvalue weighted by Gasteiger charge is -2.34. The minimum Gasteiger partial charge on any atom is -0.494 e. The zero-order valence-electron chi connectivity index (χ0n) is 24.5. The number of aryl methyl sites for hydroxylation is 4. The van der Waals surface area contributed by atoms with Crippen LogP contribution in [0.1, 0.15) is 16.7 Å². The fraction of sp³-hybridized carbons (Fsp3) is 0.323. The molecule has 0 bridgehead atoms. The highest BCUT2D eigenvalue weighted by atomic mass is 16.6. The molecule has 1 fully saturated rings. The number of nitrogens with one attached hydrogen (secondary N) is 2. The number of likely N-dealkylation sites (N-methyl/N-ethyl adjacent to an activating group) is 1. The van der Waals surface area contributed by atoms with Gasteiger partial charge >= 0.3 is 6.09 Å². The molecular weight excluding hydrogens is 518 g/mol. The van der Waals surface area contributed by atoms with E-state index in [1.165, 1.54) is 0 Å². The summed E-state index contributed by atoms with van der Waals surface area (Å²) < 4.78 is 13.2. The van der Waals surface area contributed by atoms with Gasteiger partial charge in [-0.05, 0) is 57.1 Å². The molecule has 0 aliphatic carbocycles. The summed E-state index contributed by atoms with van der Waals surface area (Å²) in [6.07, 6.45) is 2.90. The van der Waals surface area contributed by atoms with E-state index >= 15 is 0 Å². The molecule has 3 heterocycles. The second-order valence-corrected chi connectivity index (χ2v) is 10.5. The number of piperazine rings is 1. The molecule has 214 valence electrons. The summed E-state index contributed by atoms with van der Waals surface area (Å²) in [5.41, 5.74) is 7.23. The fourth-order valence-corrected chi connectivity index (χ4v) is 5.18. The summed E-state index contributed by atoms with van der Waals surface area (Å²) in [7, 11) is 5.69. The highest BCUT2D eigenvalue weighted by molar-refractivity contribution is 5.88. The van der Waals surface area contributed by atoms with Crippen LogP contribution in [0.5, 0.6) is 11.5 Å². The Hall–Kier alpha value is -4.57. The van der Waals surface area contributed by atoms with Gasteiger partial charge in [0.1, 0.15) is 5.75 Å². The van der Waals surface area contributed by atoms with Crippen molar-refractivity contribution in [3.63, 3.8) is 0 Å². The molecule has 0 atom stereocenters. The third-order valence-corrected chi connectivity index (χ3v) is 7.31. The predicted octanol–water partition coefficient (Wildman–Crippen LogP) is 5.52. The first-order valence-electron chi connectivity index (χ1n) is 13.6. The van der Waals surface area contributed by atoms with Crippen LogP contribution >= 0.6 is 0 Å². The number of carbonyl (C=O) groups is 1. The minimum atomic E-state index is -0.547. The normalized spacial score (nSPS) is 13.7. The molecule has 1 aliphatic rings. The molecule has 0 spiro atoms. The minimum absolute atomic E-state index is 0.414. The Bertz CT molecular complexity index is 1530. The molecule has 1 aliphatic heterocycles. The summed E-state index contributed by atoms with van der Waals surface area (Å²) in [6, 6.07) is 13.8. The SMILES string of the molecule is COc1cc(N2CCN(C)CC2)ccc1Nc1nccc(-c2cc(OC(=O)Nc3c(C)cc(C)cc3C)cn2C)n1. The van der Waals surface area contributed by atoms with Crippen molar-refractivity contribution in [2.75, 3.05) is 55.9 Å². The number of methoxy groups -OCH3 is 1. The topological polar surface area (TPSA) is 96.8 Å². The van der Waals surface area contributed by atoms with Crippen LogP contribution in [-0.4, -0.2) is 65.9 Å². The van der Waals surface area contributed by atoms with Crippen LogP contribution in [0.4, 0.5) is 27.8 Å². The highest BCUT2D eigenvalue weighted by Gasteiger charge is 2.17. The molecule has 1 amide bonds. The van der Waals surface area contributed by atoms with E-state index < -0.39 is 6.09 Å². The van der Waals surface area contributed by atoms with Gasteiger partial charge in [-0.1, -0.05) is 17.7 Å². The van der Waals surface area contributed by atoms with Crippen molar-refractivity contribution in [1.82, 2.24) is 19.4 Å². The van der Waals surface area contributed by atoms with Crippen molar-refractivity contribution in [2.45, 2.75) is 20.8 Å². The van der Waals surface area contributed by atoms with E-state index in [0.29, 0.717) is 17.4 Å². The number of aromatic nitrogens is 3. The van der Waals surface area contributed by atoms with Gasteiger partial charge in [0.05, 0.1) is 24.2 Å². The second-order valence-electron chi connectivity index (χ2n) is 10.5. The first-order valence-corrected chi connectivity index (χ1v) is 13.6. The van der Waals surface area contributed by atoms with Crippen LogP contribution in [0.15, 0.2) is 54.9 Å². The predicted molar refractivity (Wildman–Crippen MR) is 163 cm³/mol. The smallest absolute Gasteiger partial charge is 0.417 e. The number of rotatable bonds is 7. The molecule has 41 heavy (non-hydrogen) atoms. The first kappa shape index (κ1) is 28.0. The first-order chi connectivity index (χ1) is 19.7. The Balaban J connectivity index is 1.29. The van der Waals surface area contributed by atoms with Crippen LogP contribution in [0.3, 0.4) is 0 Å². The maximum atomic E-state index is 12.7. The van der Waals surface area contributed by atoms with E-state index in [2.05, 4.69) is 38.5 Å². The van der Waals surface area contributed by atoms with Gasteiger partial charge in [0.15, 0.2) is 5.75 Å². The van der Waals surface area contributed by atoms with Gasteiger partial charge in [0, 0.05) is 69.1 Å². The van der Waals surface area contributed by atoms with Gasteiger partial charge in [0.2, 0.25) is 5.95 Å². The zero-order valence-corrected chi connectivity index (χ0v) is 24.5. The molecule has 2 aromatic heterocycles. The number of nitrogens with zero attached hydrogens (tertiary/aromatic N) is 5. The lowest BCUT2D eigenvalue weighted by atomic mass is 10.1. The average molecular weight is 556 g/mol. The second kappa shape index (κ2) is 11.9. The van der Waals surface area contributed by atoms with E-state index in [1.54, 1.807) is 25.6 Å². The van der Waals surface area contributed by atoms with E-state index in [-0.39, 0.29) is 0 Å². The Labute approximate surface area is 240 Å². The number of hydrogen-bond donors (Lipinski definition) is 2. The van der Waals surface area contributed by atoms with Crippen molar-refractivity contribution >= 4 is 29.1 Å². The number of hydrogen-bond acceptors (Lipinski definition) is 8. The van der Waals surface area contributed by atoms with Gasteiger partial charge < -0.3 is 29.2 Å². The van der Waals surface area contributed by atoms with Gasteiger partial charge in [-0.2, -0.15) is 0 Å². The molecule has 10 heteroatoms. The third kappa shape index (κ3) is 6.44. The van der Waals surface area contributed by atoms with Crippen molar-refractivity contribution in [3.05, 3.63) is 71.5 Å². The van der Waals surface area contributed by atoms with Crippen molar-refractivity contribution in [2.24, 2.45) is 7.05 Å². The molecule has 0 saturated carbocycles. The highest BCUT2D eigenvalue weighted by Crippen LogP contribution is 2.33. The maximum absolute atomic E-state index is 12.7. The van der Waals surface area contributed by atoms with Crippen LogP contribution in [0.2, 0.25) is 0 Å². The largest absolute Gasteiger partial charge is 0.494 e. The molecule has 0 radical (unpaired) electrons. The summed E-state index contributed by atoms with van der Waals surface area (Å²) in [4.78, 5) is 26.5.